The fourth-order valence-electron chi connectivity index (χ4n) is 4.07. The number of methoxy groups -OCH3 is 1. The van der Waals surface area contributed by atoms with Crippen LogP contribution in [0.25, 0.3) is 10.2 Å². The number of rotatable bonds is 6. The summed E-state index contributed by atoms with van der Waals surface area (Å²) in [5.41, 5.74) is 1.36. The largest absolute Gasteiger partial charge is 0.494 e. The Morgan fingerprint density at radius 2 is 1.79 bits per heavy atom. The van der Waals surface area contributed by atoms with Gasteiger partial charge in [-0.3, -0.25) is 4.79 Å². The van der Waals surface area contributed by atoms with Crippen molar-refractivity contribution in [3.8, 4) is 5.75 Å². The number of hydrogen-bond donors (Lipinski definition) is 0. The zero-order valence-corrected chi connectivity index (χ0v) is 20.2. The van der Waals surface area contributed by atoms with E-state index in [9.17, 15) is 13.2 Å². The number of hydrogen-bond acceptors (Lipinski definition) is 7. The number of thiazole rings is 1. The summed E-state index contributed by atoms with van der Waals surface area (Å²) in [5, 5.41) is 0.927. The van der Waals surface area contributed by atoms with Gasteiger partial charge in [-0.2, -0.15) is 4.31 Å². The average Bonchev–Trinajstić information content (AvgIpc) is 3.60. The summed E-state index contributed by atoms with van der Waals surface area (Å²) in [5.74, 6) is 0.678. The van der Waals surface area contributed by atoms with Crippen LogP contribution in [0.2, 0.25) is 0 Å². The van der Waals surface area contributed by atoms with Crippen molar-refractivity contribution in [2.45, 2.75) is 23.8 Å². The molecule has 1 saturated carbocycles. The molecule has 1 aromatic heterocycles. The molecule has 0 spiro atoms. The Hall–Kier alpha value is -2.69. The molecule has 1 amide bonds. The molecule has 2 aliphatic rings. The quantitative estimate of drug-likeness (QED) is 0.533. The van der Waals surface area contributed by atoms with E-state index in [1.165, 1.54) is 16.4 Å². The van der Waals surface area contributed by atoms with E-state index in [0.717, 1.165) is 33.9 Å². The predicted molar refractivity (Wildman–Crippen MR) is 129 cm³/mol. The van der Waals surface area contributed by atoms with Gasteiger partial charge in [0.05, 0.1) is 16.7 Å². The Kier molecular flexibility index (Phi) is 5.75. The Morgan fingerprint density at radius 3 is 2.42 bits per heavy atom. The molecule has 0 radical (unpaired) electrons. The molecule has 0 unspecified atom stereocenters. The molecule has 0 bridgehead atoms. The molecule has 0 N–H and O–H groups in total. The third-order valence-electron chi connectivity index (χ3n) is 6.27. The number of para-hydroxylation sites is 1. The Balaban J connectivity index is 1.24. The Bertz CT molecular complexity index is 1280. The zero-order valence-electron chi connectivity index (χ0n) is 18.6. The number of carbonyl (C=O) groups excluding carboxylic acids is 1. The van der Waals surface area contributed by atoms with Crippen LogP contribution in [0.15, 0.2) is 47.4 Å². The topological polar surface area (TPSA) is 83.0 Å². The summed E-state index contributed by atoms with van der Waals surface area (Å²) >= 11 is 1.62. The van der Waals surface area contributed by atoms with Gasteiger partial charge in [0.2, 0.25) is 10.0 Å². The number of amides is 1. The number of sulfonamides is 1. The van der Waals surface area contributed by atoms with Crippen LogP contribution in [0.1, 0.15) is 23.2 Å². The van der Waals surface area contributed by atoms with Crippen LogP contribution < -0.4 is 9.64 Å². The number of nitrogens with zero attached hydrogens (tertiary/aromatic N) is 4. The molecule has 2 heterocycles. The van der Waals surface area contributed by atoms with Crippen molar-refractivity contribution >= 4 is 42.6 Å². The maximum atomic E-state index is 13.0. The van der Waals surface area contributed by atoms with Crippen LogP contribution in [-0.2, 0) is 10.0 Å². The summed E-state index contributed by atoms with van der Waals surface area (Å²) in [6.07, 6.45) is 1.81. The van der Waals surface area contributed by atoms with Crippen molar-refractivity contribution in [1.29, 1.82) is 0 Å². The molecular formula is C23H26N4O4S2. The Labute approximate surface area is 197 Å². The lowest BCUT2D eigenvalue weighted by Gasteiger charge is -2.34. The number of piperazine rings is 1. The highest BCUT2D eigenvalue weighted by Gasteiger charge is 2.35. The minimum Gasteiger partial charge on any atom is -0.494 e. The van der Waals surface area contributed by atoms with Gasteiger partial charge in [0.25, 0.3) is 5.91 Å². The van der Waals surface area contributed by atoms with Crippen LogP contribution in [-0.4, -0.2) is 74.9 Å². The van der Waals surface area contributed by atoms with E-state index in [1.807, 2.05) is 23.1 Å². The lowest BCUT2D eigenvalue weighted by atomic mass is 10.2. The zero-order chi connectivity index (χ0) is 23.2. The second-order valence-corrected chi connectivity index (χ2v) is 11.4. The van der Waals surface area contributed by atoms with E-state index in [0.29, 0.717) is 31.7 Å². The summed E-state index contributed by atoms with van der Waals surface area (Å²) in [6.45, 7) is 2.53. The molecule has 2 fully saturated rings. The normalized spacial score (nSPS) is 17.1. The first kappa shape index (κ1) is 22.1. The minimum absolute atomic E-state index is 0.0832. The lowest BCUT2D eigenvalue weighted by molar-refractivity contribution is 0.0746. The first-order chi connectivity index (χ1) is 15.9. The fourth-order valence-corrected chi connectivity index (χ4v) is 6.52. The minimum atomic E-state index is -3.51. The van der Waals surface area contributed by atoms with Crippen molar-refractivity contribution < 1.29 is 17.9 Å². The monoisotopic (exact) mass is 486 g/mol. The van der Waals surface area contributed by atoms with E-state index < -0.39 is 10.0 Å². The predicted octanol–water partition coefficient (Wildman–Crippen LogP) is 3.05. The standard InChI is InChI=1S/C23H26N4O4S2/c1-25(17-8-9-17)33(29,30)18-10-6-16(7-11-18)22(28)26-12-14-27(15-13-26)23-24-21-19(31-2)4-3-5-20(21)32-23/h3-7,10-11,17H,8-9,12-15H2,1-2H3. The molecule has 8 nitrogen and oxygen atoms in total. The number of benzene rings is 2. The highest BCUT2D eigenvalue weighted by molar-refractivity contribution is 7.89. The molecule has 3 aromatic rings. The van der Waals surface area contributed by atoms with Gasteiger partial charge in [0.15, 0.2) is 5.13 Å². The smallest absolute Gasteiger partial charge is 0.253 e. The molecule has 0 atom stereocenters. The molecule has 10 heteroatoms. The second-order valence-electron chi connectivity index (χ2n) is 8.36. The number of carbonyl (C=O) groups is 1. The van der Waals surface area contributed by atoms with Gasteiger partial charge < -0.3 is 14.5 Å². The molecule has 5 rings (SSSR count). The van der Waals surface area contributed by atoms with E-state index >= 15 is 0 Å². The first-order valence-electron chi connectivity index (χ1n) is 10.9. The van der Waals surface area contributed by atoms with Gasteiger partial charge in [0, 0.05) is 44.8 Å². The maximum Gasteiger partial charge on any atom is 0.253 e. The lowest BCUT2D eigenvalue weighted by Crippen LogP contribution is -2.48. The molecule has 2 aromatic carbocycles. The van der Waals surface area contributed by atoms with Crippen LogP contribution >= 0.6 is 11.3 Å². The fraction of sp³-hybridized carbons (Fsp3) is 0.391. The van der Waals surface area contributed by atoms with Crippen LogP contribution in [0.3, 0.4) is 0 Å². The van der Waals surface area contributed by atoms with Gasteiger partial charge in [0.1, 0.15) is 11.3 Å². The summed E-state index contributed by atoms with van der Waals surface area (Å²) < 4.78 is 33.3. The van der Waals surface area contributed by atoms with Crippen molar-refractivity contribution in [1.82, 2.24) is 14.2 Å². The molecule has 1 saturated heterocycles. The van der Waals surface area contributed by atoms with Crippen molar-refractivity contribution in [2.75, 3.05) is 45.2 Å². The van der Waals surface area contributed by atoms with E-state index in [-0.39, 0.29) is 16.8 Å². The van der Waals surface area contributed by atoms with Gasteiger partial charge in [-0.1, -0.05) is 17.4 Å². The highest BCUT2D eigenvalue weighted by Crippen LogP contribution is 2.34. The van der Waals surface area contributed by atoms with E-state index in [1.54, 1.807) is 37.6 Å². The van der Waals surface area contributed by atoms with Crippen LogP contribution in [0.5, 0.6) is 5.75 Å². The average molecular weight is 487 g/mol. The third kappa shape index (κ3) is 4.18. The molecule has 33 heavy (non-hydrogen) atoms. The van der Waals surface area contributed by atoms with Crippen LogP contribution in [0, 0.1) is 0 Å². The number of fused-ring (bicyclic) bond motifs is 1. The SMILES string of the molecule is COc1cccc2sc(N3CCN(C(=O)c4ccc(S(=O)(=O)N(C)C5CC5)cc4)CC3)nc12. The highest BCUT2D eigenvalue weighted by atomic mass is 32.2. The van der Waals surface area contributed by atoms with Crippen LogP contribution in [0.4, 0.5) is 5.13 Å². The molecule has 1 aliphatic heterocycles. The van der Waals surface area contributed by atoms with Crippen molar-refractivity contribution in [3.05, 3.63) is 48.0 Å². The molecule has 174 valence electrons. The van der Waals surface area contributed by atoms with Gasteiger partial charge in [-0.25, -0.2) is 13.4 Å². The number of anilines is 1. The second kappa shape index (κ2) is 8.58. The van der Waals surface area contributed by atoms with Crippen molar-refractivity contribution in [3.63, 3.8) is 0 Å². The summed E-state index contributed by atoms with van der Waals surface area (Å²) in [6, 6.07) is 12.3. The van der Waals surface area contributed by atoms with Crippen molar-refractivity contribution in [2.24, 2.45) is 0 Å². The van der Waals surface area contributed by atoms with E-state index in [2.05, 4.69) is 4.90 Å². The number of ether oxygens (including phenoxy) is 1. The summed E-state index contributed by atoms with van der Waals surface area (Å²) in [7, 11) is -0.248. The molecular weight excluding hydrogens is 460 g/mol. The van der Waals surface area contributed by atoms with E-state index in [4.69, 9.17) is 9.72 Å². The first-order valence-corrected chi connectivity index (χ1v) is 13.2. The van der Waals surface area contributed by atoms with Gasteiger partial charge in [-0.05, 0) is 49.2 Å². The molecule has 1 aliphatic carbocycles. The van der Waals surface area contributed by atoms with Gasteiger partial charge in [-0.15, -0.1) is 0 Å². The summed E-state index contributed by atoms with van der Waals surface area (Å²) in [4.78, 5) is 22.0. The number of aromatic nitrogens is 1. The van der Waals surface area contributed by atoms with Gasteiger partial charge >= 0.3 is 0 Å². The maximum absolute atomic E-state index is 13.0. The third-order valence-corrected chi connectivity index (χ3v) is 9.27. The Morgan fingerprint density at radius 1 is 1.09 bits per heavy atom.